The van der Waals surface area contributed by atoms with Crippen LogP contribution in [0.4, 0.5) is 4.39 Å². The second-order valence-electron chi connectivity index (χ2n) is 5.26. The van der Waals surface area contributed by atoms with E-state index in [-0.39, 0.29) is 11.0 Å². The molecule has 0 amide bonds. The highest BCUT2D eigenvalue weighted by Gasteiger charge is 2.30. The van der Waals surface area contributed by atoms with Crippen LogP contribution < -0.4 is 0 Å². The molecule has 0 aliphatic rings. The molecule has 5 nitrogen and oxygen atoms in total. The van der Waals surface area contributed by atoms with Gasteiger partial charge in [-0.15, -0.1) is 10.2 Å². The van der Waals surface area contributed by atoms with E-state index in [1.807, 2.05) is 0 Å². The summed E-state index contributed by atoms with van der Waals surface area (Å²) in [4.78, 5) is 0. The van der Waals surface area contributed by atoms with Gasteiger partial charge < -0.3 is 0 Å². The summed E-state index contributed by atoms with van der Waals surface area (Å²) in [5.74, 6) is -0.197. The van der Waals surface area contributed by atoms with Crippen LogP contribution in [-0.4, -0.2) is 23.2 Å². The summed E-state index contributed by atoms with van der Waals surface area (Å²) in [6.07, 6.45) is 0. The van der Waals surface area contributed by atoms with Gasteiger partial charge in [0.2, 0.25) is 0 Å². The summed E-state index contributed by atoms with van der Waals surface area (Å²) in [6.45, 7) is 5.35. The number of nitrogens with zero attached hydrogens (tertiary/aromatic N) is 3. The molecule has 0 bridgehead atoms. The molecule has 8 heteroatoms. The van der Waals surface area contributed by atoms with Crippen molar-refractivity contribution in [2.45, 2.75) is 31.5 Å². The third-order valence-corrected chi connectivity index (χ3v) is 3.72. The molecule has 0 aliphatic carbocycles. The first kappa shape index (κ1) is 14.9. The van der Waals surface area contributed by atoms with E-state index >= 15 is 0 Å². The second-order valence-corrected chi connectivity index (χ2v) is 7.72. The van der Waals surface area contributed by atoms with Crippen molar-refractivity contribution in [3.05, 3.63) is 30.1 Å². The normalized spacial score (nSPS) is 12.7. The van der Waals surface area contributed by atoms with Crippen molar-refractivity contribution in [2.75, 3.05) is 0 Å². The maximum absolute atomic E-state index is 13.3. The molecule has 0 radical (unpaired) electrons. The Balaban J connectivity index is 2.76. The molecule has 2 rings (SSSR count). The molecule has 1 aromatic carbocycles. The van der Waals surface area contributed by atoms with E-state index in [1.54, 1.807) is 26.8 Å². The fourth-order valence-corrected chi connectivity index (χ4v) is 2.86. The Hall–Kier alpha value is -1.47. The Kier molecular flexibility index (Phi) is 3.60. The van der Waals surface area contributed by atoms with Crippen molar-refractivity contribution in [3.8, 4) is 11.4 Å². The van der Waals surface area contributed by atoms with Gasteiger partial charge in [-0.25, -0.2) is 12.8 Å². The quantitative estimate of drug-likeness (QED) is 0.799. The van der Waals surface area contributed by atoms with Crippen LogP contribution in [0.15, 0.2) is 29.4 Å². The van der Waals surface area contributed by atoms with E-state index < -0.39 is 20.4 Å². The Morgan fingerprint density at radius 2 is 1.90 bits per heavy atom. The summed E-state index contributed by atoms with van der Waals surface area (Å²) in [5.41, 5.74) is -0.207. The summed E-state index contributed by atoms with van der Waals surface area (Å²) in [6, 6.07) is 5.69. The minimum Gasteiger partial charge on any atom is -0.291 e. The molecular weight excluding hydrogens is 305 g/mol. The lowest BCUT2D eigenvalue weighted by atomic mass is 10.1. The largest absolute Gasteiger partial charge is 0.296 e. The third-order valence-electron chi connectivity index (χ3n) is 2.61. The molecule has 0 atom stereocenters. The smallest absolute Gasteiger partial charge is 0.291 e. The Bertz CT molecular complexity index is 750. The van der Waals surface area contributed by atoms with Gasteiger partial charge in [0.15, 0.2) is 5.82 Å². The Morgan fingerprint density at radius 1 is 1.25 bits per heavy atom. The molecule has 0 saturated heterocycles. The molecule has 1 aromatic heterocycles. The molecule has 108 valence electrons. The van der Waals surface area contributed by atoms with E-state index in [0.717, 1.165) is 0 Å². The molecule has 0 spiro atoms. The number of halogens is 2. The number of benzene rings is 1. The average Bonchev–Trinajstić information content (AvgIpc) is 2.72. The summed E-state index contributed by atoms with van der Waals surface area (Å²) < 4.78 is 37.9. The molecule has 1 heterocycles. The van der Waals surface area contributed by atoms with E-state index in [0.29, 0.717) is 5.56 Å². The van der Waals surface area contributed by atoms with Crippen LogP contribution in [0.5, 0.6) is 0 Å². The van der Waals surface area contributed by atoms with Crippen LogP contribution in [0.3, 0.4) is 0 Å². The van der Waals surface area contributed by atoms with Crippen molar-refractivity contribution in [3.63, 3.8) is 0 Å². The van der Waals surface area contributed by atoms with Gasteiger partial charge in [-0.2, -0.15) is 0 Å². The third kappa shape index (κ3) is 2.83. The van der Waals surface area contributed by atoms with Gasteiger partial charge in [0.25, 0.3) is 14.2 Å². The molecule has 0 aliphatic heterocycles. The zero-order valence-electron chi connectivity index (χ0n) is 11.1. The van der Waals surface area contributed by atoms with E-state index in [9.17, 15) is 12.8 Å². The zero-order chi connectivity index (χ0) is 15.1. The first-order chi connectivity index (χ1) is 9.10. The summed E-state index contributed by atoms with van der Waals surface area (Å²) in [7, 11) is 1.33. The van der Waals surface area contributed by atoms with Gasteiger partial charge in [0.05, 0.1) is 0 Å². The van der Waals surface area contributed by atoms with Gasteiger partial charge >= 0.3 is 0 Å². The number of aromatic nitrogens is 3. The predicted molar refractivity (Wildman–Crippen MR) is 73.5 cm³/mol. The van der Waals surface area contributed by atoms with Gasteiger partial charge in [0, 0.05) is 21.8 Å². The second kappa shape index (κ2) is 4.82. The first-order valence-corrected chi connectivity index (χ1v) is 8.08. The van der Waals surface area contributed by atoms with E-state index in [1.165, 1.54) is 22.8 Å². The molecule has 0 unspecified atom stereocenters. The summed E-state index contributed by atoms with van der Waals surface area (Å²) >= 11 is 0. The van der Waals surface area contributed by atoms with Crippen LogP contribution in [-0.2, 0) is 14.6 Å². The van der Waals surface area contributed by atoms with Crippen molar-refractivity contribution in [1.29, 1.82) is 0 Å². The van der Waals surface area contributed by atoms with Gasteiger partial charge in [-0.1, -0.05) is 12.1 Å². The van der Waals surface area contributed by atoms with Gasteiger partial charge in [0.1, 0.15) is 5.82 Å². The summed E-state index contributed by atoms with van der Waals surface area (Å²) in [5, 5.41) is 7.12. The molecular formula is C12H13ClFN3O2S. The first-order valence-electron chi connectivity index (χ1n) is 5.77. The van der Waals surface area contributed by atoms with Crippen LogP contribution >= 0.6 is 10.7 Å². The highest BCUT2D eigenvalue weighted by molar-refractivity contribution is 8.13. The minimum atomic E-state index is -4.05. The van der Waals surface area contributed by atoms with Gasteiger partial charge in [-0.05, 0) is 32.9 Å². The maximum Gasteiger partial charge on any atom is 0.296 e. The number of rotatable bonds is 2. The average molecular weight is 318 g/mol. The topological polar surface area (TPSA) is 64.8 Å². The van der Waals surface area contributed by atoms with Crippen LogP contribution in [0.1, 0.15) is 20.8 Å². The molecule has 0 fully saturated rings. The number of hydrogen-bond acceptors (Lipinski definition) is 4. The monoisotopic (exact) mass is 317 g/mol. The van der Waals surface area contributed by atoms with Crippen molar-refractivity contribution >= 4 is 19.7 Å². The maximum atomic E-state index is 13.3. The van der Waals surface area contributed by atoms with Crippen LogP contribution in [0.25, 0.3) is 11.4 Å². The van der Waals surface area contributed by atoms with E-state index in [2.05, 4.69) is 10.2 Å². The van der Waals surface area contributed by atoms with E-state index in [4.69, 9.17) is 10.7 Å². The lowest BCUT2D eigenvalue weighted by Crippen LogP contribution is -2.25. The fraction of sp³-hybridized carbons (Fsp3) is 0.333. The van der Waals surface area contributed by atoms with Gasteiger partial charge in [-0.3, -0.25) is 4.57 Å². The lowest BCUT2D eigenvalue weighted by molar-refractivity contribution is 0.367. The Morgan fingerprint density at radius 3 is 2.40 bits per heavy atom. The van der Waals surface area contributed by atoms with Crippen molar-refractivity contribution in [1.82, 2.24) is 14.8 Å². The Labute approximate surface area is 120 Å². The number of hydrogen-bond donors (Lipinski definition) is 0. The van der Waals surface area contributed by atoms with Crippen molar-refractivity contribution < 1.29 is 12.8 Å². The minimum absolute atomic E-state index is 0.247. The van der Waals surface area contributed by atoms with Crippen molar-refractivity contribution in [2.24, 2.45) is 0 Å². The highest BCUT2D eigenvalue weighted by Crippen LogP contribution is 2.29. The molecule has 20 heavy (non-hydrogen) atoms. The molecule has 0 N–H and O–H groups in total. The lowest BCUT2D eigenvalue weighted by Gasteiger charge is -2.24. The highest BCUT2D eigenvalue weighted by atomic mass is 35.7. The standard InChI is InChI=1S/C12H13ClFN3O2S/c1-12(2,3)17-10(8-5-4-6-9(14)7-8)15-16-11(17)20(13,18)19/h4-7H,1-3H3. The van der Waals surface area contributed by atoms with Crippen LogP contribution in [0, 0.1) is 5.82 Å². The molecule has 2 aromatic rings. The zero-order valence-corrected chi connectivity index (χ0v) is 12.7. The fourth-order valence-electron chi connectivity index (χ4n) is 1.85. The molecule has 0 saturated carbocycles. The van der Waals surface area contributed by atoms with Crippen LogP contribution in [0.2, 0.25) is 0 Å². The SMILES string of the molecule is CC(C)(C)n1c(-c2cccc(F)c2)nnc1S(=O)(=O)Cl. The predicted octanol–water partition coefficient (Wildman–Crippen LogP) is 2.77.